The summed E-state index contributed by atoms with van der Waals surface area (Å²) >= 11 is 0. The molecular formula is C19H28O. The maximum Gasteiger partial charge on any atom is 0.159 e. The van der Waals surface area contributed by atoms with Crippen LogP contribution < -0.4 is 0 Å². The molecule has 1 saturated carbocycles. The number of hydrogen-bond donors (Lipinski definition) is 0. The average Bonchev–Trinajstić information content (AvgIpc) is 2.45. The van der Waals surface area contributed by atoms with E-state index < -0.39 is 0 Å². The van der Waals surface area contributed by atoms with E-state index in [1.54, 1.807) is 6.92 Å². The second kappa shape index (κ2) is 7.06. The molecule has 1 aromatic rings. The molecule has 0 amide bonds. The average molecular weight is 272 g/mol. The van der Waals surface area contributed by atoms with Crippen molar-refractivity contribution in [1.29, 1.82) is 0 Å². The Labute approximate surface area is 123 Å². The van der Waals surface area contributed by atoms with Crippen LogP contribution >= 0.6 is 0 Å². The van der Waals surface area contributed by atoms with Gasteiger partial charge in [-0.2, -0.15) is 0 Å². The van der Waals surface area contributed by atoms with Gasteiger partial charge in [0, 0.05) is 5.56 Å². The summed E-state index contributed by atoms with van der Waals surface area (Å²) in [5.74, 6) is 2.56. The first-order valence-corrected chi connectivity index (χ1v) is 8.22. The Kier molecular flexibility index (Phi) is 5.39. The molecule has 20 heavy (non-hydrogen) atoms. The van der Waals surface area contributed by atoms with Crippen molar-refractivity contribution in [2.45, 2.75) is 65.2 Å². The van der Waals surface area contributed by atoms with Gasteiger partial charge >= 0.3 is 0 Å². The first-order chi connectivity index (χ1) is 9.61. The Morgan fingerprint density at radius 3 is 2.45 bits per heavy atom. The molecule has 3 unspecified atom stereocenters. The quantitative estimate of drug-likeness (QED) is 0.638. The smallest absolute Gasteiger partial charge is 0.159 e. The summed E-state index contributed by atoms with van der Waals surface area (Å²) in [5.41, 5.74) is 2.26. The van der Waals surface area contributed by atoms with Gasteiger partial charge in [0.1, 0.15) is 0 Å². The summed E-state index contributed by atoms with van der Waals surface area (Å²) in [6.45, 7) is 6.32. The normalized spacial score (nSPS) is 26.4. The number of ketones is 1. The lowest BCUT2D eigenvalue weighted by atomic mass is 9.71. The van der Waals surface area contributed by atoms with Crippen LogP contribution in [0.4, 0.5) is 0 Å². The van der Waals surface area contributed by atoms with E-state index in [4.69, 9.17) is 0 Å². The van der Waals surface area contributed by atoms with E-state index >= 15 is 0 Å². The van der Waals surface area contributed by atoms with Gasteiger partial charge in [0.2, 0.25) is 0 Å². The van der Waals surface area contributed by atoms with Gasteiger partial charge in [-0.05, 0) is 49.5 Å². The molecule has 1 heteroatoms. The molecule has 0 radical (unpaired) electrons. The summed E-state index contributed by atoms with van der Waals surface area (Å²) in [4.78, 5) is 11.3. The number of carbonyl (C=O) groups is 1. The number of rotatable bonds is 5. The van der Waals surface area contributed by atoms with Crippen molar-refractivity contribution in [3.8, 4) is 0 Å². The molecule has 1 aromatic carbocycles. The molecule has 0 spiro atoms. The molecule has 0 N–H and O–H groups in total. The lowest BCUT2D eigenvalue weighted by Gasteiger charge is -2.34. The second-order valence-corrected chi connectivity index (χ2v) is 6.58. The molecule has 2 rings (SSSR count). The van der Waals surface area contributed by atoms with E-state index in [-0.39, 0.29) is 5.78 Å². The van der Waals surface area contributed by atoms with Crippen molar-refractivity contribution in [3.63, 3.8) is 0 Å². The molecule has 1 aliphatic carbocycles. The van der Waals surface area contributed by atoms with Gasteiger partial charge in [0.05, 0.1) is 0 Å². The predicted octanol–water partition coefficient (Wildman–Crippen LogP) is 5.60. The van der Waals surface area contributed by atoms with Crippen LogP contribution in [-0.4, -0.2) is 5.78 Å². The third-order valence-corrected chi connectivity index (χ3v) is 4.99. The van der Waals surface area contributed by atoms with Gasteiger partial charge in [-0.15, -0.1) is 0 Å². The van der Waals surface area contributed by atoms with Gasteiger partial charge in [0.15, 0.2) is 5.78 Å². The highest BCUT2D eigenvalue weighted by atomic mass is 16.1. The zero-order valence-electron chi connectivity index (χ0n) is 13.2. The first kappa shape index (κ1) is 15.3. The minimum atomic E-state index is 0.160. The Balaban J connectivity index is 1.98. The fourth-order valence-electron chi connectivity index (χ4n) is 3.72. The number of carbonyl (C=O) groups excluding carboxylic acids is 1. The van der Waals surface area contributed by atoms with Crippen LogP contribution in [0.1, 0.15) is 81.1 Å². The molecule has 3 atom stereocenters. The van der Waals surface area contributed by atoms with Gasteiger partial charge in [-0.25, -0.2) is 0 Å². The third kappa shape index (κ3) is 3.71. The first-order valence-electron chi connectivity index (χ1n) is 8.22. The van der Waals surface area contributed by atoms with Gasteiger partial charge in [0.25, 0.3) is 0 Å². The zero-order chi connectivity index (χ0) is 14.5. The Bertz CT molecular complexity index is 432. The summed E-state index contributed by atoms with van der Waals surface area (Å²) in [6, 6.07) is 8.33. The van der Waals surface area contributed by atoms with E-state index in [9.17, 15) is 4.79 Å². The van der Waals surface area contributed by atoms with Crippen molar-refractivity contribution < 1.29 is 4.79 Å². The number of benzene rings is 1. The van der Waals surface area contributed by atoms with Gasteiger partial charge in [-0.3, -0.25) is 4.79 Å². The molecule has 1 aliphatic rings. The number of hydrogen-bond acceptors (Lipinski definition) is 1. The topological polar surface area (TPSA) is 17.1 Å². The molecule has 0 aliphatic heterocycles. The Morgan fingerprint density at radius 1 is 1.20 bits per heavy atom. The van der Waals surface area contributed by atoms with Crippen molar-refractivity contribution >= 4 is 5.78 Å². The molecule has 110 valence electrons. The molecule has 1 nitrogen and oxygen atoms in total. The van der Waals surface area contributed by atoms with Crippen molar-refractivity contribution in [2.75, 3.05) is 0 Å². The summed E-state index contributed by atoms with van der Waals surface area (Å²) < 4.78 is 0. The molecule has 1 fully saturated rings. The number of Topliss-reactive ketones (excluding diaryl/α,β-unsaturated/α-hetero) is 1. The monoisotopic (exact) mass is 272 g/mol. The summed E-state index contributed by atoms with van der Waals surface area (Å²) in [6.07, 6.45) is 8.19. The van der Waals surface area contributed by atoms with Crippen LogP contribution in [0.5, 0.6) is 0 Å². The Morgan fingerprint density at radius 2 is 1.90 bits per heavy atom. The highest BCUT2D eigenvalue weighted by molar-refractivity contribution is 5.94. The van der Waals surface area contributed by atoms with Gasteiger partial charge in [-0.1, -0.05) is 57.4 Å². The highest BCUT2D eigenvalue weighted by Gasteiger charge is 2.28. The highest BCUT2D eigenvalue weighted by Crippen LogP contribution is 2.41. The van der Waals surface area contributed by atoms with E-state index in [1.165, 1.54) is 44.1 Å². The minimum Gasteiger partial charge on any atom is -0.295 e. The fraction of sp³-hybridized carbons (Fsp3) is 0.632. The van der Waals surface area contributed by atoms with Crippen LogP contribution in [-0.2, 0) is 0 Å². The van der Waals surface area contributed by atoms with Crippen LogP contribution in [0, 0.1) is 11.8 Å². The van der Waals surface area contributed by atoms with E-state index in [1.807, 2.05) is 12.1 Å². The van der Waals surface area contributed by atoms with Crippen LogP contribution in [0.3, 0.4) is 0 Å². The van der Waals surface area contributed by atoms with Crippen molar-refractivity contribution in [1.82, 2.24) is 0 Å². The lowest BCUT2D eigenvalue weighted by molar-refractivity contribution is 0.101. The van der Waals surface area contributed by atoms with Gasteiger partial charge < -0.3 is 0 Å². The van der Waals surface area contributed by atoms with E-state index in [0.717, 1.165) is 17.4 Å². The predicted molar refractivity (Wildman–Crippen MR) is 85.2 cm³/mol. The Hall–Kier alpha value is -1.11. The minimum absolute atomic E-state index is 0.160. The molecule has 0 saturated heterocycles. The fourth-order valence-corrected chi connectivity index (χ4v) is 3.72. The van der Waals surface area contributed by atoms with Crippen molar-refractivity contribution in [3.05, 3.63) is 35.4 Å². The SMILES string of the molecule is CCCCC1CCC(c2ccc(C(C)=O)cc2)C(C)C1. The molecule has 0 heterocycles. The van der Waals surface area contributed by atoms with Crippen LogP contribution in [0.25, 0.3) is 0 Å². The van der Waals surface area contributed by atoms with Crippen LogP contribution in [0.2, 0.25) is 0 Å². The number of unbranched alkanes of at least 4 members (excludes halogenated alkanes) is 1. The largest absolute Gasteiger partial charge is 0.295 e. The summed E-state index contributed by atoms with van der Waals surface area (Å²) in [7, 11) is 0. The standard InChI is InChI=1S/C19H28O/c1-4-5-6-16-7-12-19(14(2)13-16)18-10-8-17(9-11-18)15(3)20/h8-11,14,16,19H,4-7,12-13H2,1-3H3. The van der Waals surface area contributed by atoms with Crippen LogP contribution in [0.15, 0.2) is 24.3 Å². The molecule has 0 aromatic heterocycles. The maximum absolute atomic E-state index is 11.3. The third-order valence-electron chi connectivity index (χ3n) is 4.99. The maximum atomic E-state index is 11.3. The molecule has 0 bridgehead atoms. The summed E-state index contributed by atoms with van der Waals surface area (Å²) in [5, 5.41) is 0. The lowest BCUT2D eigenvalue weighted by Crippen LogP contribution is -2.21. The van der Waals surface area contributed by atoms with E-state index in [0.29, 0.717) is 5.92 Å². The molecular weight excluding hydrogens is 244 g/mol. The van der Waals surface area contributed by atoms with Crippen molar-refractivity contribution in [2.24, 2.45) is 11.8 Å². The second-order valence-electron chi connectivity index (χ2n) is 6.58. The zero-order valence-corrected chi connectivity index (χ0v) is 13.2. The van der Waals surface area contributed by atoms with E-state index in [2.05, 4.69) is 26.0 Å².